The summed E-state index contributed by atoms with van der Waals surface area (Å²) in [5, 5.41) is 5.64. The largest absolute Gasteiger partial charge is 0.457 e. The van der Waals surface area contributed by atoms with Gasteiger partial charge < -0.3 is 15.4 Å². The highest BCUT2D eigenvalue weighted by molar-refractivity contribution is 7.99. The van der Waals surface area contributed by atoms with Gasteiger partial charge in [-0.25, -0.2) is 8.78 Å². The third-order valence-corrected chi connectivity index (χ3v) is 8.82. The first-order chi connectivity index (χ1) is 22.9. The Morgan fingerprint density at radius 2 is 0.723 bits per heavy atom. The zero-order valence-corrected chi connectivity index (χ0v) is 26.3. The minimum absolute atomic E-state index is 0.298. The molecule has 0 unspecified atom stereocenters. The van der Waals surface area contributed by atoms with Crippen LogP contribution in [0.5, 0.6) is 11.5 Å². The lowest BCUT2D eigenvalue weighted by atomic mass is 10.2. The van der Waals surface area contributed by atoms with Gasteiger partial charge in [-0.3, -0.25) is 9.59 Å². The molecule has 5 nitrogen and oxygen atoms in total. The fourth-order valence-electron chi connectivity index (χ4n) is 4.38. The number of ether oxygens (including phenoxy) is 1. The van der Waals surface area contributed by atoms with Gasteiger partial charge in [-0.05, 0) is 146 Å². The molecule has 0 aliphatic heterocycles. The molecule has 2 N–H and O–H groups in total. The van der Waals surface area contributed by atoms with Crippen molar-refractivity contribution in [1.29, 1.82) is 0 Å². The minimum Gasteiger partial charge on any atom is -0.457 e. The SMILES string of the molecule is O=C(Nc1ccc(Sc2ccc(Oc3ccc(Sc4ccc(NC(=O)c5ccc(F)cc5)cc4)cc3)cc2)cc1)c1ccc(F)cc1. The lowest BCUT2D eigenvalue weighted by Crippen LogP contribution is -2.11. The standard InChI is InChI=1S/C38H26F2N2O3S2/c39-27-5-1-25(2-6-27)37(43)41-29-9-17-33(18-10-29)46-35-21-13-31(14-22-35)45-32-15-23-36(24-16-32)47-34-19-11-30(12-20-34)42-38(44)26-3-7-28(40)8-4-26/h1-24H,(H,41,43)(H,42,44). The lowest BCUT2D eigenvalue weighted by molar-refractivity contribution is 0.101. The van der Waals surface area contributed by atoms with Crippen molar-refractivity contribution in [3.05, 3.63) is 168 Å². The van der Waals surface area contributed by atoms with Crippen molar-refractivity contribution in [2.75, 3.05) is 10.6 Å². The van der Waals surface area contributed by atoms with Crippen molar-refractivity contribution >= 4 is 46.7 Å². The molecule has 0 aliphatic carbocycles. The van der Waals surface area contributed by atoms with Gasteiger partial charge in [0.1, 0.15) is 23.1 Å². The summed E-state index contributed by atoms with van der Waals surface area (Å²) in [6.07, 6.45) is 0. The Kier molecular flexibility index (Phi) is 9.95. The molecular formula is C38H26F2N2O3S2. The molecule has 9 heteroatoms. The summed E-state index contributed by atoms with van der Waals surface area (Å²) in [4.78, 5) is 28.8. The summed E-state index contributed by atoms with van der Waals surface area (Å²) >= 11 is 3.18. The first-order valence-electron chi connectivity index (χ1n) is 14.4. The van der Waals surface area contributed by atoms with E-state index in [0.717, 1.165) is 19.6 Å². The van der Waals surface area contributed by atoms with Crippen molar-refractivity contribution < 1.29 is 23.1 Å². The van der Waals surface area contributed by atoms with Gasteiger partial charge in [0.15, 0.2) is 0 Å². The smallest absolute Gasteiger partial charge is 0.255 e. The summed E-state index contributed by atoms with van der Waals surface area (Å²) < 4.78 is 32.3. The number of hydrogen-bond donors (Lipinski definition) is 2. The molecule has 0 saturated carbocycles. The van der Waals surface area contributed by atoms with Crippen molar-refractivity contribution in [2.24, 2.45) is 0 Å². The van der Waals surface area contributed by atoms with E-state index in [1.807, 2.05) is 97.1 Å². The van der Waals surface area contributed by atoms with E-state index in [2.05, 4.69) is 10.6 Å². The Bertz CT molecular complexity index is 1820. The van der Waals surface area contributed by atoms with E-state index in [4.69, 9.17) is 4.74 Å². The molecule has 0 heterocycles. The number of hydrogen-bond acceptors (Lipinski definition) is 5. The monoisotopic (exact) mass is 660 g/mol. The van der Waals surface area contributed by atoms with Crippen molar-refractivity contribution in [3.63, 3.8) is 0 Å². The van der Waals surface area contributed by atoms with Crippen LogP contribution in [0.4, 0.5) is 20.2 Å². The number of carbonyl (C=O) groups excluding carboxylic acids is 2. The Balaban J connectivity index is 0.972. The maximum absolute atomic E-state index is 13.1. The van der Waals surface area contributed by atoms with Gasteiger partial charge in [0.2, 0.25) is 0 Å². The quantitative estimate of drug-likeness (QED) is 0.153. The van der Waals surface area contributed by atoms with Gasteiger partial charge in [0.05, 0.1) is 0 Å². The average Bonchev–Trinajstić information content (AvgIpc) is 3.09. The van der Waals surface area contributed by atoms with Gasteiger partial charge in [0, 0.05) is 42.1 Å². The molecule has 0 fully saturated rings. The molecule has 0 radical (unpaired) electrons. The average molecular weight is 661 g/mol. The number of halogens is 2. The van der Waals surface area contributed by atoms with Crippen LogP contribution in [-0.2, 0) is 0 Å². The van der Waals surface area contributed by atoms with Crippen LogP contribution in [0.25, 0.3) is 0 Å². The summed E-state index contributed by atoms with van der Waals surface area (Å²) in [5.41, 5.74) is 2.08. The normalized spacial score (nSPS) is 10.7. The van der Waals surface area contributed by atoms with E-state index in [-0.39, 0.29) is 23.4 Å². The van der Waals surface area contributed by atoms with Crippen molar-refractivity contribution in [2.45, 2.75) is 19.6 Å². The van der Waals surface area contributed by atoms with E-state index in [0.29, 0.717) is 34.0 Å². The summed E-state index contributed by atoms with van der Waals surface area (Å²) in [6.45, 7) is 0. The van der Waals surface area contributed by atoms with Crippen LogP contribution in [-0.4, -0.2) is 11.8 Å². The topological polar surface area (TPSA) is 67.4 Å². The lowest BCUT2D eigenvalue weighted by Gasteiger charge is -2.09. The van der Waals surface area contributed by atoms with E-state index in [9.17, 15) is 18.4 Å². The Morgan fingerprint density at radius 3 is 1.04 bits per heavy atom. The fourth-order valence-corrected chi connectivity index (χ4v) is 6.01. The molecule has 0 atom stereocenters. The van der Waals surface area contributed by atoms with Crippen LogP contribution in [0.2, 0.25) is 0 Å². The first kappa shape index (κ1) is 31.6. The van der Waals surface area contributed by atoms with Crippen molar-refractivity contribution in [3.8, 4) is 11.5 Å². The highest BCUT2D eigenvalue weighted by Gasteiger charge is 2.09. The number of nitrogens with one attached hydrogen (secondary N) is 2. The maximum atomic E-state index is 13.1. The number of anilines is 2. The molecule has 0 aliphatic rings. The Labute approximate surface area is 279 Å². The first-order valence-corrected chi connectivity index (χ1v) is 16.1. The van der Waals surface area contributed by atoms with Crippen LogP contribution < -0.4 is 15.4 Å². The molecule has 6 aromatic rings. The Morgan fingerprint density at radius 1 is 0.426 bits per heavy atom. The van der Waals surface area contributed by atoms with Crippen LogP contribution in [0, 0.1) is 11.6 Å². The number of amides is 2. The van der Waals surface area contributed by atoms with E-state index in [1.165, 1.54) is 48.5 Å². The molecule has 47 heavy (non-hydrogen) atoms. The zero-order chi connectivity index (χ0) is 32.6. The second-order valence-electron chi connectivity index (χ2n) is 10.2. The number of benzene rings is 6. The molecule has 6 rings (SSSR count). The van der Waals surface area contributed by atoms with E-state index >= 15 is 0 Å². The third kappa shape index (κ3) is 8.88. The maximum Gasteiger partial charge on any atom is 0.255 e. The summed E-state index contributed by atoms with van der Waals surface area (Å²) in [6, 6.07) is 41.5. The molecule has 0 saturated heterocycles. The second kappa shape index (κ2) is 14.8. The van der Waals surface area contributed by atoms with Gasteiger partial charge in [-0.2, -0.15) is 0 Å². The number of carbonyl (C=O) groups is 2. The number of rotatable bonds is 10. The predicted molar refractivity (Wildman–Crippen MR) is 183 cm³/mol. The van der Waals surface area contributed by atoms with Crippen LogP contribution in [0.3, 0.4) is 0 Å². The molecular weight excluding hydrogens is 635 g/mol. The second-order valence-corrected chi connectivity index (χ2v) is 12.5. The van der Waals surface area contributed by atoms with Gasteiger partial charge in [-0.15, -0.1) is 0 Å². The molecule has 2 amide bonds. The Hall–Kier alpha value is -5.38. The summed E-state index contributed by atoms with van der Waals surface area (Å²) in [7, 11) is 0. The van der Waals surface area contributed by atoms with Crippen LogP contribution in [0.15, 0.2) is 165 Å². The molecule has 0 spiro atoms. The summed E-state index contributed by atoms with van der Waals surface area (Å²) in [5.74, 6) is 0.0628. The van der Waals surface area contributed by atoms with E-state index < -0.39 is 0 Å². The predicted octanol–water partition coefficient (Wildman–Crippen LogP) is 10.6. The third-order valence-electron chi connectivity index (χ3n) is 6.79. The van der Waals surface area contributed by atoms with Gasteiger partial charge in [0.25, 0.3) is 11.8 Å². The molecule has 0 aromatic heterocycles. The van der Waals surface area contributed by atoms with Crippen molar-refractivity contribution in [1.82, 2.24) is 0 Å². The molecule has 6 aromatic carbocycles. The van der Waals surface area contributed by atoms with E-state index in [1.54, 1.807) is 23.5 Å². The highest BCUT2D eigenvalue weighted by atomic mass is 32.2. The van der Waals surface area contributed by atoms with Gasteiger partial charge >= 0.3 is 0 Å². The van der Waals surface area contributed by atoms with Crippen LogP contribution >= 0.6 is 23.5 Å². The zero-order valence-electron chi connectivity index (χ0n) is 24.7. The van der Waals surface area contributed by atoms with Gasteiger partial charge in [-0.1, -0.05) is 23.5 Å². The highest BCUT2D eigenvalue weighted by Crippen LogP contribution is 2.33. The van der Waals surface area contributed by atoms with Crippen LogP contribution in [0.1, 0.15) is 20.7 Å². The molecule has 232 valence electrons. The minimum atomic E-state index is -0.386. The fraction of sp³-hybridized carbons (Fsp3) is 0. The molecule has 0 bridgehead atoms.